The number of rotatable bonds is 6. The molecule has 1 amide bonds. The molecule has 0 aliphatic carbocycles. The van der Waals surface area contributed by atoms with Crippen LogP contribution in [0.15, 0.2) is 48.5 Å². The molecule has 2 rings (SSSR count). The Kier molecular flexibility index (Phi) is 6.21. The maximum absolute atomic E-state index is 12.3. The summed E-state index contributed by atoms with van der Waals surface area (Å²) in [4.78, 5) is 24.2. The number of hydrogen-bond acceptors (Lipinski definition) is 3. The van der Waals surface area contributed by atoms with Gasteiger partial charge in [-0.1, -0.05) is 48.0 Å². The Balaban J connectivity index is 2.07. The third kappa shape index (κ3) is 5.33. The molecule has 0 radical (unpaired) electrons. The third-order valence-electron chi connectivity index (χ3n) is 3.71. The van der Waals surface area contributed by atoms with Gasteiger partial charge in [-0.15, -0.1) is 0 Å². The molecule has 0 aliphatic rings. The van der Waals surface area contributed by atoms with Crippen molar-refractivity contribution >= 4 is 23.5 Å². The van der Waals surface area contributed by atoms with Gasteiger partial charge in [-0.3, -0.25) is 4.79 Å². The normalized spacial score (nSPS) is 11.0. The molecule has 25 heavy (non-hydrogen) atoms. The first-order valence-corrected chi connectivity index (χ1v) is 8.52. The lowest BCUT2D eigenvalue weighted by molar-refractivity contribution is -0.151. The van der Waals surface area contributed by atoms with Gasteiger partial charge in [-0.05, 0) is 49.6 Å². The number of carbonyl (C=O) groups is 2. The molecule has 0 aliphatic heterocycles. The molecule has 132 valence electrons. The lowest BCUT2D eigenvalue weighted by atomic mass is 10.0. The van der Waals surface area contributed by atoms with Crippen molar-refractivity contribution < 1.29 is 14.3 Å². The van der Waals surface area contributed by atoms with Gasteiger partial charge in [-0.25, -0.2) is 4.79 Å². The first-order valence-electron chi connectivity index (χ1n) is 8.15. The van der Waals surface area contributed by atoms with Crippen molar-refractivity contribution in [3.63, 3.8) is 0 Å². The highest BCUT2D eigenvalue weighted by Crippen LogP contribution is 2.22. The van der Waals surface area contributed by atoms with Crippen molar-refractivity contribution in [2.24, 2.45) is 0 Å². The summed E-state index contributed by atoms with van der Waals surface area (Å²) in [7, 11) is 0. The average Bonchev–Trinajstić information content (AvgIpc) is 2.55. The monoisotopic (exact) mass is 359 g/mol. The predicted octanol–water partition coefficient (Wildman–Crippen LogP) is 4.01. The zero-order chi connectivity index (χ0) is 18.4. The van der Waals surface area contributed by atoms with Gasteiger partial charge in [0.25, 0.3) is 0 Å². The van der Waals surface area contributed by atoms with Crippen LogP contribution in [0.25, 0.3) is 11.1 Å². The topological polar surface area (TPSA) is 55.4 Å². The minimum Gasteiger partial charge on any atom is -0.464 e. The number of halogens is 1. The maximum Gasteiger partial charge on any atom is 0.331 e. The van der Waals surface area contributed by atoms with Crippen molar-refractivity contribution in [2.75, 3.05) is 6.61 Å². The molecule has 1 N–H and O–H groups in total. The zero-order valence-electron chi connectivity index (χ0n) is 14.6. The van der Waals surface area contributed by atoms with Crippen molar-refractivity contribution in [3.05, 3.63) is 59.1 Å². The summed E-state index contributed by atoms with van der Waals surface area (Å²) in [5.41, 5.74) is 1.84. The number of ether oxygens (including phenoxy) is 1. The van der Waals surface area contributed by atoms with Crippen molar-refractivity contribution in [2.45, 2.75) is 32.7 Å². The predicted molar refractivity (Wildman–Crippen MR) is 99.4 cm³/mol. The summed E-state index contributed by atoms with van der Waals surface area (Å²) >= 11 is 5.92. The second-order valence-electron chi connectivity index (χ2n) is 6.28. The number of benzene rings is 2. The van der Waals surface area contributed by atoms with Gasteiger partial charge in [0.15, 0.2) is 0 Å². The highest BCUT2D eigenvalue weighted by molar-refractivity contribution is 6.30. The number of esters is 1. The fourth-order valence-corrected chi connectivity index (χ4v) is 2.57. The molecule has 0 fully saturated rings. The van der Waals surface area contributed by atoms with Crippen LogP contribution in [0.5, 0.6) is 0 Å². The standard InChI is InChI=1S/C20H22ClNO3/c1-4-25-19(24)20(2,3)22-18(23)13-14-6-5-7-16(12-14)15-8-10-17(21)11-9-15/h5-12H,4,13H2,1-3H3,(H,22,23). The summed E-state index contributed by atoms with van der Waals surface area (Å²) in [6, 6.07) is 15.3. The molecule has 5 heteroatoms. The minimum absolute atomic E-state index is 0.185. The molecule has 0 bridgehead atoms. The van der Waals surface area contributed by atoms with Gasteiger partial charge in [0, 0.05) is 5.02 Å². The summed E-state index contributed by atoms with van der Waals surface area (Å²) in [5, 5.41) is 3.41. The van der Waals surface area contributed by atoms with E-state index in [4.69, 9.17) is 16.3 Å². The van der Waals surface area contributed by atoms with Gasteiger partial charge in [0.05, 0.1) is 13.0 Å². The third-order valence-corrected chi connectivity index (χ3v) is 3.96. The molecule has 0 atom stereocenters. The molecule has 4 nitrogen and oxygen atoms in total. The minimum atomic E-state index is -1.05. The van der Waals surface area contributed by atoms with Crippen LogP contribution in [0.3, 0.4) is 0 Å². The van der Waals surface area contributed by atoms with Crippen LogP contribution in [0.1, 0.15) is 26.3 Å². The number of nitrogens with one attached hydrogen (secondary N) is 1. The molecule has 0 heterocycles. The second-order valence-corrected chi connectivity index (χ2v) is 6.71. The number of hydrogen-bond donors (Lipinski definition) is 1. The average molecular weight is 360 g/mol. The van der Waals surface area contributed by atoms with Gasteiger partial charge >= 0.3 is 5.97 Å². The molecular weight excluding hydrogens is 338 g/mol. The van der Waals surface area contributed by atoms with E-state index in [0.717, 1.165) is 16.7 Å². The molecule has 2 aromatic carbocycles. The zero-order valence-corrected chi connectivity index (χ0v) is 15.4. The lowest BCUT2D eigenvalue weighted by Gasteiger charge is -2.23. The molecule has 0 aromatic heterocycles. The van der Waals surface area contributed by atoms with Crippen LogP contribution in [0.2, 0.25) is 5.02 Å². The van der Waals surface area contributed by atoms with E-state index in [1.54, 1.807) is 20.8 Å². The van der Waals surface area contributed by atoms with Gasteiger partial charge < -0.3 is 10.1 Å². The van der Waals surface area contributed by atoms with Crippen LogP contribution in [-0.4, -0.2) is 24.0 Å². The molecule has 2 aromatic rings. The smallest absolute Gasteiger partial charge is 0.331 e. The Bertz CT molecular complexity index is 754. The Morgan fingerprint density at radius 2 is 1.76 bits per heavy atom. The van der Waals surface area contributed by atoms with E-state index in [0.29, 0.717) is 5.02 Å². The van der Waals surface area contributed by atoms with E-state index in [2.05, 4.69) is 5.32 Å². The van der Waals surface area contributed by atoms with Crippen molar-refractivity contribution in [1.29, 1.82) is 0 Å². The maximum atomic E-state index is 12.3. The highest BCUT2D eigenvalue weighted by atomic mass is 35.5. The van der Waals surface area contributed by atoms with E-state index in [9.17, 15) is 9.59 Å². The van der Waals surface area contributed by atoms with E-state index in [-0.39, 0.29) is 18.9 Å². The fourth-order valence-electron chi connectivity index (χ4n) is 2.44. The molecule has 0 unspecified atom stereocenters. The first kappa shape index (κ1) is 19.0. The summed E-state index contributed by atoms with van der Waals surface area (Å²) in [6.07, 6.45) is 0.185. The van der Waals surface area contributed by atoms with Crippen LogP contribution in [0, 0.1) is 0 Å². The highest BCUT2D eigenvalue weighted by Gasteiger charge is 2.30. The van der Waals surface area contributed by atoms with E-state index in [1.807, 2.05) is 48.5 Å². The van der Waals surface area contributed by atoms with E-state index in [1.165, 1.54) is 0 Å². The van der Waals surface area contributed by atoms with Gasteiger partial charge in [-0.2, -0.15) is 0 Å². The summed E-state index contributed by atoms with van der Waals surface area (Å²) in [5.74, 6) is -0.676. The van der Waals surface area contributed by atoms with Crippen LogP contribution in [-0.2, 0) is 20.7 Å². The van der Waals surface area contributed by atoms with Crippen molar-refractivity contribution in [1.82, 2.24) is 5.32 Å². The Hall–Kier alpha value is -2.33. The Morgan fingerprint density at radius 3 is 2.40 bits per heavy atom. The quantitative estimate of drug-likeness (QED) is 0.793. The molecular formula is C20H22ClNO3. The van der Waals surface area contributed by atoms with Crippen LogP contribution in [0.4, 0.5) is 0 Å². The van der Waals surface area contributed by atoms with E-state index >= 15 is 0 Å². The Labute approximate surface area is 153 Å². The molecule has 0 saturated heterocycles. The summed E-state index contributed by atoms with van der Waals surface area (Å²) < 4.78 is 4.98. The fraction of sp³-hybridized carbons (Fsp3) is 0.300. The van der Waals surface area contributed by atoms with Crippen LogP contribution >= 0.6 is 11.6 Å². The van der Waals surface area contributed by atoms with Gasteiger partial charge in [0.2, 0.25) is 5.91 Å². The largest absolute Gasteiger partial charge is 0.464 e. The first-order chi connectivity index (χ1) is 11.8. The molecule has 0 saturated carbocycles. The number of amides is 1. The van der Waals surface area contributed by atoms with E-state index < -0.39 is 11.5 Å². The second kappa shape index (κ2) is 8.17. The van der Waals surface area contributed by atoms with Crippen LogP contribution < -0.4 is 5.32 Å². The summed E-state index contributed by atoms with van der Waals surface area (Å²) in [6.45, 7) is 5.28. The van der Waals surface area contributed by atoms with Gasteiger partial charge in [0.1, 0.15) is 5.54 Å². The number of carbonyl (C=O) groups excluding carboxylic acids is 2. The molecule has 0 spiro atoms. The lowest BCUT2D eigenvalue weighted by Crippen LogP contribution is -2.51. The van der Waals surface area contributed by atoms with Crippen molar-refractivity contribution in [3.8, 4) is 11.1 Å². The SMILES string of the molecule is CCOC(=O)C(C)(C)NC(=O)Cc1cccc(-c2ccc(Cl)cc2)c1. The Morgan fingerprint density at radius 1 is 1.08 bits per heavy atom.